The van der Waals surface area contributed by atoms with Crippen molar-refractivity contribution in [2.75, 3.05) is 0 Å². The van der Waals surface area contributed by atoms with E-state index in [1.807, 2.05) is 0 Å². The maximum atomic E-state index is 11.0. The molecule has 2 heteroatoms. The fraction of sp³-hybridized carbons (Fsp3) is 0.909. The van der Waals surface area contributed by atoms with E-state index in [1.165, 1.54) is 25.7 Å². The predicted octanol–water partition coefficient (Wildman–Crippen LogP) is 2.14. The highest BCUT2D eigenvalue weighted by Crippen LogP contribution is 2.60. The van der Waals surface area contributed by atoms with Crippen molar-refractivity contribution >= 4 is 5.97 Å². The molecule has 13 heavy (non-hydrogen) atoms. The van der Waals surface area contributed by atoms with Crippen LogP contribution in [0.3, 0.4) is 0 Å². The molecule has 0 aromatic rings. The van der Waals surface area contributed by atoms with Gasteiger partial charge in [0.25, 0.3) is 0 Å². The van der Waals surface area contributed by atoms with E-state index in [0.717, 1.165) is 24.2 Å². The molecule has 72 valence electrons. The molecule has 0 amide bonds. The lowest BCUT2D eigenvalue weighted by atomic mass is 9.76. The first-order valence-corrected chi connectivity index (χ1v) is 5.50. The number of hydrogen-bond donors (Lipinski definition) is 1. The van der Waals surface area contributed by atoms with Crippen LogP contribution >= 0.6 is 0 Å². The summed E-state index contributed by atoms with van der Waals surface area (Å²) in [6.45, 7) is 0. The van der Waals surface area contributed by atoms with Crippen molar-refractivity contribution in [1.82, 2.24) is 0 Å². The zero-order chi connectivity index (χ0) is 9.00. The first kappa shape index (κ1) is 7.84. The highest BCUT2D eigenvalue weighted by atomic mass is 16.4. The van der Waals surface area contributed by atoms with Gasteiger partial charge in [-0.25, -0.2) is 0 Å². The second kappa shape index (κ2) is 2.49. The molecule has 0 aromatic heterocycles. The average molecular weight is 180 g/mol. The zero-order valence-corrected chi connectivity index (χ0v) is 7.78. The van der Waals surface area contributed by atoms with E-state index < -0.39 is 5.97 Å². The molecule has 3 aliphatic carbocycles. The molecular formula is C11H16O2. The van der Waals surface area contributed by atoms with E-state index in [-0.39, 0.29) is 5.92 Å². The van der Waals surface area contributed by atoms with Gasteiger partial charge in [-0.1, -0.05) is 6.42 Å². The van der Waals surface area contributed by atoms with Gasteiger partial charge in [0, 0.05) is 0 Å². The number of rotatable bonds is 1. The SMILES string of the molecule is O=C(O)[C@@H]1C[C@@H]2C[C@H]1[C@@H]1CCC[C@H]21. The molecule has 2 nitrogen and oxygen atoms in total. The Bertz CT molecular complexity index is 248. The van der Waals surface area contributed by atoms with Crippen molar-refractivity contribution in [3.8, 4) is 0 Å². The van der Waals surface area contributed by atoms with Gasteiger partial charge in [-0.3, -0.25) is 4.79 Å². The van der Waals surface area contributed by atoms with Crippen LogP contribution < -0.4 is 0 Å². The standard InChI is InChI=1S/C11H16O2/c12-11(13)10-5-6-4-9(10)8-3-1-2-7(6)8/h6-10H,1-5H2,(H,12,13)/t6-,7+,8+,9-,10+/m0/s1. The van der Waals surface area contributed by atoms with Crippen LogP contribution in [0, 0.1) is 29.6 Å². The summed E-state index contributed by atoms with van der Waals surface area (Å²) in [5, 5.41) is 9.06. The molecule has 3 saturated carbocycles. The summed E-state index contributed by atoms with van der Waals surface area (Å²) in [5.74, 6) is 2.52. The second-order valence-electron chi connectivity index (χ2n) is 5.10. The Morgan fingerprint density at radius 3 is 2.62 bits per heavy atom. The normalized spacial score (nSPS) is 52.5. The maximum Gasteiger partial charge on any atom is 0.306 e. The van der Waals surface area contributed by atoms with Gasteiger partial charge in [0.2, 0.25) is 0 Å². The molecule has 0 aromatic carbocycles. The molecule has 0 heterocycles. The highest BCUT2D eigenvalue weighted by Gasteiger charge is 2.55. The molecule has 3 aliphatic rings. The number of carbonyl (C=O) groups is 1. The van der Waals surface area contributed by atoms with Gasteiger partial charge in [0.1, 0.15) is 0 Å². The molecule has 3 rings (SSSR count). The lowest BCUT2D eigenvalue weighted by Crippen LogP contribution is -2.29. The largest absolute Gasteiger partial charge is 0.481 e. The average Bonchev–Trinajstić information content (AvgIpc) is 2.75. The number of carboxylic acids is 1. The molecular weight excluding hydrogens is 164 g/mol. The Morgan fingerprint density at radius 2 is 1.85 bits per heavy atom. The number of fused-ring (bicyclic) bond motifs is 5. The molecule has 0 unspecified atom stereocenters. The summed E-state index contributed by atoms with van der Waals surface area (Å²) in [5.41, 5.74) is 0. The van der Waals surface area contributed by atoms with Crippen LogP contribution in [0.15, 0.2) is 0 Å². The second-order valence-corrected chi connectivity index (χ2v) is 5.10. The Balaban J connectivity index is 1.85. The van der Waals surface area contributed by atoms with Crippen LogP contribution in [0.5, 0.6) is 0 Å². The minimum atomic E-state index is -0.530. The zero-order valence-electron chi connectivity index (χ0n) is 7.78. The van der Waals surface area contributed by atoms with Crippen LogP contribution in [-0.2, 0) is 4.79 Å². The van der Waals surface area contributed by atoms with Crippen LogP contribution in [-0.4, -0.2) is 11.1 Å². The van der Waals surface area contributed by atoms with Gasteiger partial charge >= 0.3 is 5.97 Å². The first-order chi connectivity index (χ1) is 6.27. The summed E-state index contributed by atoms with van der Waals surface area (Å²) in [4.78, 5) is 11.0. The van der Waals surface area contributed by atoms with E-state index in [1.54, 1.807) is 0 Å². The van der Waals surface area contributed by atoms with E-state index >= 15 is 0 Å². The number of hydrogen-bond acceptors (Lipinski definition) is 1. The lowest BCUT2D eigenvalue weighted by molar-refractivity contribution is -0.144. The Kier molecular flexibility index (Phi) is 1.50. The van der Waals surface area contributed by atoms with Crippen LogP contribution in [0.25, 0.3) is 0 Å². The predicted molar refractivity (Wildman–Crippen MR) is 48.2 cm³/mol. The van der Waals surface area contributed by atoms with E-state index in [0.29, 0.717) is 5.92 Å². The van der Waals surface area contributed by atoms with E-state index in [9.17, 15) is 4.79 Å². The van der Waals surface area contributed by atoms with Crippen molar-refractivity contribution < 1.29 is 9.90 Å². The first-order valence-electron chi connectivity index (χ1n) is 5.50. The summed E-state index contributed by atoms with van der Waals surface area (Å²) in [6, 6.07) is 0. The molecule has 0 spiro atoms. The topological polar surface area (TPSA) is 37.3 Å². The van der Waals surface area contributed by atoms with Crippen molar-refractivity contribution in [2.45, 2.75) is 32.1 Å². The van der Waals surface area contributed by atoms with Crippen molar-refractivity contribution in [2.24, 2.45) is 29.6 Å². The van der Waals surface area contributed by atoms with Crippen molar-refractivity contribution in [3.63, 3.8) is 0 Å². The maximum absolute atomic E-state index is 11.0. The highest BCUT2D eigenvalue weighted by molar-refractivity contribution is 5.71. The molecule has 3 fully saturated rings. The summed E-state index contributed by atoms with van der Waals surface area (Å²) >= 11 is 0. The lowest BCUT2D eigenvalue weighted by Gasteiger charge is -2.28. The van der Waals surface area contributed by atoms with Gasteiger partial charge in [0.15, 0.2) is 0 Å². The van der Waals surface area contributed by atoms with Gasteiger partial charge < -0.3 is 5.11 Å². The molecule has 0 saturated heterocycles. The van der Waals surface area contributed by atoms with Crippen LogP contribution in [0.1, 0.15) is 32.1 Å². The molecule has 5 atom stereocenters. The quantitative estimate of drug-likeness (QED) is 0.671. The van der Waals surface area contributed by atoms with Crippen LogP contribution in [0.4, 0.5) is 0 Å². The Labute approximate surface area is 78.3 Å². The molecule has 2 bridgehead atoms. The summed E-state index contributed by atoms with van der Waals surface area (Å²) < 4.78 is 0. The van der Waals surface area contributed by atoms with Gasteiger partial charge in [-0.15, -0.1) is 0 Å². The summed E-state index contributed by atoms with van der Waals surface area (Å²) in [6.07, 6.45) is 6.27. The third-order valence-corrected chi connectivity index (χ3v) is 4.75. The fourth-order valence-electron chi connectivity index (χ4n) is 4.35. The minimum absolute atomic E-state index is 0.0179. The van der Waals surface area contributed by atoms with Gasteiger partial charge in [-0.2, -0.15) is 0 Å². The fourth-order valence-corrected chi connectivity index (χ4v) is 4.35. The van der Waals surface area contributed by atoms with Gasteiger partial charge in [-0.05, 0) is 49.4 Å². The Morgan fingerprint density at radius 1 is 1.08 bits per heavy atom. The molecule has 0 radical (unpaired) electrons. The third kappa shape index (κ3) is 0.918. The van der Waals surface area contributed by atoms with E-state index in [4.69, 9.17) is 5.11 Å². The smallest absolute Gasteiger partial charge is 0.306 e. The minimum Gasteiger partial charge on any atom is -0.481 e. The summed E-state index contributed by atoms with van der Waals surface area (Å²) in [7, 11) is 0. The monoisotopic (exact) mass is 180 g/mol. The van der Waals surface area contributed by atoms with Crippen molar-refractivity contribution in [1.29, 1.82) is 0 Å². The molecule has 1 N–H and O–H groups in total. The van der Waals surface area contributed by atoms with Crippen molar-refractivity contribution in [3.05, 3.63) is 0 Å². The third-order valence-electron chi connectivity index (χ3n) is 4.75. The Hall–Kier alpha value is -0.530. The van der Waals surface area contributed by atoms with Gasteiger partial charge in [0.05, 0.1) is 5.92 Å². The number of carboxylic acid groups (broad SMARTS) is 1. The van der Waals surface area contributed by atoms with E-state index in [2.05, 4.69) is 0 Å². The van der Waals surface area contributed by atoms with Crippen LogP contribution in [0.2, 0.25) is 0 Å². The molecule has 0 aliphatic heterocycles. The number of aliphatic carboxylic acids is 1.